The van der Waals surface area contributed by atoms with Crippen molar-refractivity contribution in [1.82, 2.24) is 14.4 Å². The molecule has 4 aromatic rings. The summed E-state index contributed by atoms with van der Waals surface area (Å²) in [6.07, 6.45) is 3.67. The summed E-state index contributed by atoms with van der Waals surface area (Å²) in [5, 5.41) is 0. The number of benzene rings is 2. The fourth-order valence-corrected chi connectivity index (χ4v) is 2.92. The number of aryl methyl sites for hydroxylation is 1. The van der Waals surface area contributed by atoms with E-state index in [0.29, 0.717) is 4.77 Å². The number of hydrogen-bond acceptors (Lipinski definition) is 2. The molecule has 3 nitrogen and oxygen atoms in total. The molecule has 0 bridgehead atoms. The van der Waals surface area contributed by atoms with Gasteiger partial charge in [0.05, 0.1) is 5.69 Å². The first kappa shape index (κ1) is 14.8. The molecular formula is C19H14FN3S. The van der Waals surface area contributed by atoms with Crippen molar-refractivity contribution >= 4 is 17.9 Å². The van der Waals surface area contributed by atoms with E-state index >= 15 is 0 Å². The summed E-state index contributed by atoms with van der Waals surface area (Å²) >= 11 is 5.34. The van der Waals surface area contributed by atoms with E-state index in [2.05, 4.69) is 41.2 Å². The average Bonchev–Trinajstić information content (AvgIpc) is 3.03. The lowest BCUT2D eigenvalue weighted by molar-refractivity contribution is 0.628. The Balaban J connectivity index is 1.93. The fraction of sp³-hybridized carbons (Fsp3) is 0.0526. The first-order valence-electron chi connectivity index (χ1n) is 7.55. The van der Waals surface area contributed by atoms with Gasteiger partial charge in [-0.2, -0.15) is 0 Å². The Morgan fingerprint density at radius 3 is 2.38 bits per heavy atom. The second-order valence-electron chi connectivity index (χ2n) is 5.71. The molecule has 4 rings (SSSR count). The molecule has 0 amide bonds. The van der Waals surface area contributed by atoms with Gasteiger partial charge in [0.1, 0.15) is 11.5 Å². The predicted octanol–water partition coefficient (Wildman–Crippen LogP) is 5.17. The maximum absolute atomic E-state index is 13.2. The van der Waals surface area contributed by atoms with Crippen LogP contribution in [-0.2, 0) is 0 Å². The quantitative estimate of drug-likeness (QED) is 0.512. The maximum Gasteiger partial charge on any atom is 0.205 e. The molecule has 118 valence electrons. The number of nitrogens with one attached hydrogen (secondary N) is 1. The highest BCUT2D eigenvalue weighted by Crippen LogP contribution is 2.27. The minimum absolute atomic E-state index is 0.262. The van der Waals surface area contributed by atoms with Crippen LogP contribution in [-0.4, -0.2) is 14.4 Å². The second-order valence-corrected chi connectivity index (χ2v) is 6.08. The molecule has 1 N–H and O–H groups in total. The van der Waals surface area contributed by atoms with Crippen molar-refractivity contribution in [3.8, 4) is 22.4 Å². The number of halogens is 1. The topological polar surface area (TPSA) is 33.1 Å². The van der Waals surface area contributed by atoms with Crippen molar-refractivity contribution in [1.29, 1.82) is 0 Å². The van der Waals surface area contributed by atoms with E-state index in [-0.39, 0.29) is 5.82 Å². The van der Waals surface area contributed by atoms with E-state index in [9.17, 15) is 4.39 Å². The lowest BCUT2D eigenvalue weighted by Crippen LogP contribution is -1.92. The molecule has 2 aromatic carbocycles. The van der Waals surface area contributed by atoms with E-state index in [1.807, 2.05) is 10.6 Å². The second kappa shape index (κ2) is 5.69. The highest BCUT2D eigenvalue weighted by Gasteiger charge is 2.10. The van der Waals surface area contributed by atoms with Crippen LogP contribution < -0.4 is 0 Å². The van der Waals surface area contributed by atoms with Crippen molar-refractivity contribution < 1.29 is 4.39 Å². The molecule has 5 heteroatoms. The summed E-state index contributed by atoms with van der Waals surface area (Å²) in [4.78, 5) is 7.71. The molecule has 0 radical (unpaired) electrons. The normalized spacial score (nSPS) is 11.1. The Bertz CT molecular complexity index is 1080. The predicted molar refractivity (Wildman–Crippen MR) is 95.9 cm³/mol. The number of aromatic nitrogens is 3. The Labute approximate surface area is 143 Å². The van der Waals surface area contributed by atoms with Crippen LogP contribution in [0.1, 0.15) is 5.56 Å². The number of rotatable bonds is 2. The average molecular weight is 335 g/mol. The lowest BCUT2D eigenvalue weighted by atomic mass is 10.1. The first-order valence-corrected chi connectivity index (χ1v) is 7.96. The van der Waals surface area contributed by atoms with E-state index in [4.69, 9.17) is 12.2 Å². The fourth-order valence-electron chi connectivity index (χ4n) is 2.73. The third-order valence-electron chi connectivity index (χ3n) is 4.04. The van der Waals surface area contributed by atoms with Gasteiger partial charge in [0.15, 0.2) is 0 Å². The summed E-state index contributed by atoms with van der Waals surface area (Å²) in [5.41, 5.74) is 5.84. The number of imidazole rings is 1. The van der Waals surface area contributed by atoms with Gasteiger partial charge in [-0.05, 0) is 42.4 Å². The van der Waals surface area contributed by atoms with Gasteiger partial charge < -0.3 is 4.98 Å². The van der Waals surface area contributed by atoms with Gasteiger partial charge in [0, 0.05) is 18.0 Å². The lowest BCUT2D eigenvalue weighted by Gasteiger charge is -2.03. The third-order valence-corrected chi connectivity index (χ3v) is 4.34. The van der Waals surface area contributed by atoms with Gasteiger partial charge in [-0.3, -0.25) is 4.40 Å². The molecule has 0 fully saturated rings. The first-order chi connectivity index (χ1) is 11.6. The summed E-state index contributed by atoms with van der Waals surface area (Å²) in [7, 11) is 0. The molecule has 0 spiro atoms. The number of nitrogens with zero attached hydrogens (tertiary/aromatic N) is 2. The standard InChI is InChI=1S/C19H14FN3S/c1-12-2-4-14(5-3-12)17-11-23-18(22-17)16(10-21-19(23)24)13-6-8-15(20)9-7-13/h2-11,22H,1H3. The SMILES string of the molecule is Cc1ccc(-c2cn3c(=S)ncc(-c4ccc(F)cc4)c3[nH]2)cc1. The molecule has 0 aliphatic carbocycles. The highest BCUT2D eigenvalue weighted by molar-refractivity contribution is 7.71. The molecule has 2 aromatic heterocycles. The number of aromatic amines is 1. The van der Waals surface area contributed by atoms with Crippen molar-refractivity contribution in [2.24, 2.45) is 0 Å². The number of fused-ring (bicyclic) bond motifs is 1. The van der Waals surface area contributed by atoms with Crippen LogP contribution in [0.3, 0.4) is 0 Å². The Morgan fingerprint density at radius 1 is 1.00 bits per heavy atom. The summed E-state index contributed by atoms with van der Waals surface area (Å²) in [6, 6.07) is 14.6. The molecule has 0 atom stereocenters. The zero-order valence-electron chi connectivity index (χ0n) is 13.0. The van der Waals surface area contributed by atoms with Gasteiger partial charge >= 0.3 is 0 Å². The monoisotopic (exact) mass is 335 g/mol. The van der Waals surface area contributed by atoms with Crippen molar-refractivity contribution in [2.45, 2.75) is 6.92 Å². The van der Waals surface area contributed by atoms with Gasteiger partial charge in [-0.1, -0.05) is 42.0 Å². The summed E-state index contributed by atoms with van der Waals surface area (Å²) < 4.78 is 15.5. The van der Waals surface area contributed by atoms with Crippen LogP contribution in [0.2, 0.25) is 0 Å². The van der Waals surface area contributed by atoms with Gasteiger partial charge in [-0.15, -0.1) is 0 Å². The minimum Gasteiger partial charge on any atom is -0.339 e. The Kier molecular flexibility index (Phi) is 3.50. The molecule has 0 saturated heterocycles. The van der Waals surface area contributed by atoms with Gasteiger partial charge in [-0.25, -0.2) is 9.37 Å². The molecule has 0 unspecified atom stereocenters. The third kappa shape index (κ3) is 2.53. The highest BCUT2D eigenvalue weighted by atomic mass is 32.1. The van der Waals surface area contributed by atoms with Crippen molar-refractivity contribution in [2.75, 3.05) is 0 Å². The summed E-state index contributed by atoms with van der Waals surface area (Å²) in [6.45, 7) is 2.06. The zero-order valence-corrected chi connectivity index (χ0v) is 13.8. The molecule has 2 heterocycles. The van der Waals surface area contributed by atoms with E-state index in [1.54, 1.807) is 18.3 Å². The van der Waals surface area contributed by atoms with Crippen molar-refractivity contribution in [3.63, 3.8) is 0 Å². The molecule has 24 heavy (non-hydrogen) atoms. The molecule has 0 saturated carbocycles. The Morgan fingerprint density at radius 2 is 1.67 bits per heavy atom. The van der Waals surface area contributed by atoms with E-state index < -0.39 is 0 Å². The van der Waals surface area contributed by atoms with Crippen LogP contribution in [0.5, 0.6) is 0 Å². The maximum atomic E-state index is 13.2. The number of hydrogen-bond donors (Lipinski definition) is 1. The van der Waals surface area contributed by atoms with Crippen LogP contribution in [0, 0.1) is 17.5 Å². The molecular weight excluding hydrogens is 321 g/mol. The van der Waals surface area contributed by atoms with Crippen molar-refractivity contribution in [3.05, 3.63) is 77.1 Å². The minimum atomic E-state index is -0.262. The smallest absolute Gasteiger partial charge is 0.205 e. The van der Waals surface area contributed by atoms with Crippen LogP contribution in [0.15, 0.2) is 60.9 Å². The van der Waals surface area contributed by atoms with Gasteiger partial charge in [0.25, 0.3) is 0 Å². The van der Waals surface area contributed by atoms with Crippen LogP contribution in [0.25, 0.3) is 28.0 Å². The zero-order chi connectivity index (χ0) is 16.7. The molecule has 0 aliphatic heterocycles. The largest absolute Gasteiger partial charge is 0.339 e. The summed E-state index contributed by atoms with van der Waals surface area (Å²) in [5.74, 6) is -0.262. The Hall–Kier alpha value is -2.79. The molecule has 0 aliphatic rings. The van der Waals surface area contributed by atoms with Crippen LogP contribution >= 0.6 is 12.2 Å². The van der Waals surface area contributed by atoms with Crippen LogP contribution in [0.4, 0.5) is 4.39 Å². The van der Waals surface area contributed by atoms with E-state index in [1.165, 1.54) is 17.7 Å². The van der Waals surface area contributed by atoms with Gasteiger partial charge in [0.2, 0.25) is 4.77 Å². The van der Waals surface area contributed by atoms with E-state index in [0.717, 1.165) is 28.0 Å². The number of H-pyrrole nitrogens is 1.